The van der Waals surface area contributed by atoms with Crippen molar-refractivity contribution < 1.29 is 4.39 Å². The van der Waals surface area contributed by atoms with Gasteiger partial charge < -0.3 is 4.98 Å². The third-order valence-electron chi connectivity index (χ3n) is 7.32. The maximum absolute atomic E-state index is 13.7. The zero-order chi connectivity index (χ0) is 24.8. The van der Waals surface area contributed by atoms with Gasteiger partial charge >= 0.3 is 0 Å². The number of hydrogen-bond acceptors (Lipinski definition) is 5. The topological polar surface area (TPSA) is 83.1 Å². The zero-order valence-corrected chi connectivity index (χ0v) is 21.0. The number of fused-ring (bicyclic) bond motifs is 2. The van der Waals surface area contributed by atoms with Gasteiger partial charge in [0.2, 0.25) is 0 Å². The minimum atomic E-state index is -0.213. The molecule has 1 fully saturated rings. The molecule has 6 aromatic rings. The predicted octanol–water partition coefficient (Wildman–Crippen LogP) is 7.55. The van der Waals surface area contributed by atoms with E-state index < -0.39 is 0 Å². The summed E-state index contributed by atoms with van der Waals surface area (Å²) in [5.74, 6) is 1.38. The minimum Gasteiger partial charge on any atom is -0.336 e. The van der Waals surface area contributed by atoms with Crippen LogP contribution < -0.4 is 0 Å². The summed E-state index contributed by atoms with van der Waals surface area (Å²) in [5, 5.41) is 7.42. The molecule has 184 valence electrons. The number of benzene rings is 1. The Hall–Kier alpha value is -3.91. The standard InChI is InChI=1S/C29H25FN6S/c30-25-12-11-24(37-25)20-7-4-8-22-26(20)34-29(33-22)28-27-23(35-36-28)10-9-21(32-27)19-14-18(15-31-16-19)13-17-5-2-1-3-6-17/h4,7-12,14-17H,1-3,5-6,13H2,(H,33,34)(H,35,36). The number of hydrogen-bond donors (Lipinski definition) is 2. The fraction of sp³-hybridized carbons (Fsp3) is 0.241. The van der Waals surface area contributed by atoms with Gasteiger partial charge in [0.15, 0.2) is 16.6 Å². The van der Waals surface area contributed by atoms with Crippen molar-refractivity contribution in [2.24, 2.45) is 5.92 Å². The summed E-state index contributed by atoms with van der Waals surface area (Å²) in [5.41, 5.74) is 7.93. The van der Waals surface area contributed by atoms with Crippen LogP contribution in [-0.4, -0.2) is 30.1 Å². The Balaban J connectivity index is 1.26. The SMILES string of the molecule is Fc1ccc(-c2cccc3[nH]c(-c4n[nH]c5ccc(-c6cncc(CC7CCCCC7)c6)nc45)nc23)s1. The number of nitrogens with zero attached hydrogens (tertiary/aromatic N) is 4. The van der Waals surface area contributed by atoms with Gasteiger partial charge in [0.1, 0.15) is 5.52 Å². The molecule has 0 atom stereocenters. The maximum Gasteiger partial charge on any atom is 0.176 e. The fourth-order valence-electron chi connectivity index (χ4n) is 5.49. The average molecular weight is 509 g/mol. The number of pyridine rings is 2. The molecule has 2 N–H and O–H groups in total. The number of H-pyrrole nitrogens is 2. The summed E-state index contributed by atoms with van der Waals surface area (Å²) in [6.07, 6.45) is 11.6. The molecule has 7 rings (SSSR count). The third kappa shape index (κ3) is 4.21. The number of imidazole rings is 1. The number of halogens is 1. The van der Waals surface area contributed by atoms with Gasteiger partial charge in [-0.1, -0.05) is 44.2 Å². The normalized spacial score (nSPS) is 14.6. The second kappa shape index (κ2) is 9.19. The molecule has 6 nitrogen and oxygen atoms in total. The molecule has 0 amide bonds. The largest absolute Gasteiger partial charge is 0.336 e. The Bertz CT molecular complexity index is 1730. The monoisotopic (exact) mass is 508 g/mol. The van der Waals surface area contributed by atoms with Crippen LogP contribution in [0.15, 0.2) is 60.9 Å². The van der Waals surface area contributed by atoms with Crippen molar-refractivity contribution in [2.45, 2.75) is 38.5 Å². The van der Waals surface area contributed by atoms with Crippen LogP contribution in [0.25, 0.3) is 55.3 Å². The van der Waals surface area contributed by atoms with Gasteiger partial charge in [-0.25, -0.2) is 9.97 Å². The van der Waals surface area contributed by atoms with E-state index in [1.807, 2.05) is 42.7 Å². The number of para-hydroxylation sites is 1. The lowest BCUT2D eigenvalue weighted by molar-refractivity contribution is 0.356. The molecule has 0 aliphatic heterocycles. The first-order valence-electron chi connectivity index (χ1n) is 12.8. The highest BCUT2D eigenvalue weighted by molar-refractivity contribution is 7.14. The van der Waals surface area contributed by atoms with Gasteiger partial charge in [0.05, 0.1) is 22.2 Å². The Morgan fingerprint density at radius 3 is 2.70 bits per heavy atom. The van der Waals surface area contributed by atoms with Crippen LogP contribution in [0.3, 0.4) is 0 Å². The van der Waals surface area contributed by atoms with Gasteiger partial charge in [-0.2, -0.15) is 9.49 Å². The third-order valence-corrected chi connectivity index (χ3v) is 8.23. The molecule has 0 unspecified atom stereocenters. The number of nitrogens with one attached hydrogen (secondary N) is 2. The highest BCUT2D eigenvalue weighted by atomic mass is 32.1. The van der Waals surface area contributed by atoms with E-state index in [0.717, 1.165) is 67.4 Å². The Morgan fingerprint density at radius 2 is 1.84 bits per heavy atom. The van der Waals surface area contributed by atoms with Crippen LogP contribution in [0.1, 0.15) is 37.7 Å². The molecule has 8 heteroatoms. The van der Waals surface area contributed by atoms with Crippen molar-refractivity contribution in [3.63, 3.8) is 0 Å². The Labute approximate surface area is 217 Å². The average Bonchev–Trinajstić information content (AvgIpc) is 3.66. The van der Waals surface area contributed by atoms with Gasteiger partial charge in [0.25, 0.3) is 0 Å². The summed E-state index contributed by atoms with van der Waals surface area (Å²) < 4.78 is 13.7. The van der Waals surface area contributed by atoms with Gasteiger partial charge in [-0.15, -0.1) is 11.3 Å². The summed E-state index contributed by atoms with van der Waals surface area (Å²) in [6.45, 7) is 0. The first-order chi connectivity index (χ1) is 18.2. The highest BCUT2D eigenvalue weighted by Crippen LogP contribution is 2.35. The van der Waals surface area contributed by atoms with Crippen molar-refractivity contribution in [3.8, 4) is 33.2 Å². The van der Waals surface area contributed by atoms with Crippen molar-refractivity contribution in [1.82, 2.24) is 30.1 Å². The summed E-state index contributed by atoms with van der Waals surface area (Å²) in [4.78, 5) is 18.6. The van der Waals surface area contributed by atoms with Crippen LogP contribution in [0, 0.1) is 11.0 Å². The molecule has 0 spiro atoms. The predicted molar refractivity (Wildman–Crippen MR) is 146 cm³/mol. The van der Waals surface area contributed by atoms with Crippen LogP contribution in [0.4, 0.5) is 4.39 Å². The molecular formula is C29H25FN6S. The molecule has 0 bridgehead atoms. The second-order valence-electron chi connectivity index (χ2n) is 9.85. The Kier molecular flexibility index (Phi) is 5.54. The van der Waals surface area contributed by atoms with E-state index >= 15 is 0 Å². The first-order valence-corrected chi connectivity index (χ1v) is 13.6. The van der Waals surface area contributed by atoms with E-state index in [0.29, 0.717) is 11.5 Å². The lowest BCUT2D eigenvalue weighted by Gasteiger charge is -2.21. The number of thiophene rings is 1. The summed E-state index contributed by atoms with van der Waals surface area (Å²) in [6, 6.07) is 15.4. The minimum absolute atomic E-state index is 0.213. The van der Waals surface area contributed by atoms with Crippen molar-refractivity contribution in [1.29, 1.82) is 0 Å². The van der Waals surface area contributed by atoms with E-state index in [4.69, 9.17) is 9.97 Å². The molecule has 1 aromatic carbocycles. The molecule has 1 aliphatic carbocycles. The number of aromatic nitrogens is 6. The lowest BCUT2D eigenvalue weighted by Crippen LogP contribution is -2.09. The van der Waals surface area contributed by atoms with Crippen LogP contribution in [0.2, 0.25) is 0 Å². The van der Waals surface area contributed by atoms with Crippen LogP contribution >= 0.6 is 11.3 Å². The lowest BCUT2D eigenvalue weighted by atomic mass is 9.85. The van der Waals surface area contributed by atoms with Crippen molar-refractivity contribution in [3.05, 3.63) is 71.6 Å². The fourth-order valence-corrected chi connectivity index (χ4v) is 6.25. The molecule has 0 radical (unpaired) electrons. The van der Waals surface area contributed by atoms with Gasteiger partial charge in [-0.05, 0) is 54.3 Å². The van der Waals surface area contributed by atoms with Crippen LogP contribution in [-0.2, 0) is 6.42 Å². The molecule has 1 aliphatic rings. The summed E-state index contributed by atoms with van der Waals surface area (Å²) in [7, 11) is 0. The van der Waals surface area contributed by atoms with E-state index in [1.54, 1.807) is 6.07 Å². The zero-order valence-electron chi connectivity index (χ0n) is 20.2. The Morgan fingerprint density at radius 1 is 0.919 bits per heavy atom. The first kappa shape index (κ1) is 22.3. The molecular weight excluding hydrogens is 483 g/mol. The number of aromatic amines is 2. The van der Waals surface area contributed by atoms with Crippen molar-refractivity contribution in [2.75, 3.05) is 0 Å². The summed E-state index contributed by atoms with van der Waals surface area (Å²) >= 11 is 1.12. The van der Waals surface area contributed by atoms with E-state index in [2.05, 4.69) is 26.2 Å². The molecule has 5 heterocycles. The second-order valence-corrected chi connectivity index (χ2v) is 10.9. The molecule has 1 saturated carbocycles. The van der Waals surface area contributed by atoms with Crippen molar-refractivity contribution >= 4 is 33.4 Å². The molecule has 37 heavy (non-hydrogen) atoms. The van der Waals surface area contributed by atoms with Gasteiger partial charge in [0, 0.05) is 28.4 Å². The van der Waals surface area contributed by atoms with Crippen LogP contribution in [0.5, 0.6) is 0 Å². The molecule has 0 saturated heterocycles. The highest BCUT2D eigenvalue weighted by Gasteiger charge is 2.18. The smallest absolute Gasteiger partial charge is 0.176 e. The maximum atomic E-state index is 13.7. The number of rotatable bonds is 5. The molecule has 5 aromatic heterocycles. The van der Waals surface area contributed by atoms with E-state index in [1.165, 1.54) is 43.7 Å². The van der Waals surface area contributed by atoms with Gasteiger partial charge in [-0.3, -0.25) is 10.1 Å². The van der Waals surface area contributed by atoms with E-state index in [-0.39, 0.29) is 5.13 Å². The van der Waals surface area contributed by atoms with E-state index in [9.17, 15) is 4.39 Å². The quantitative estimate of drug-likeness (QED) is 0.252.